The molecular weight excluding hydrogens is 282 g/mol. The van der Waals surface area contributed by atoms with Crippen molar-refractivity contribution in [3.63, 3.8) is 0 Å². The Hall–Kier alpha value is -1.74. The zero-order valence-corrected chi connectivity index (χ0v) is 11.7. The van der Waals surface area contributed by atoms with E-state index in [1.165, 1.54) is 23.9 Å². The molecule has 2 saturated heterocycles. The zero-order valence-electron chi connectivity index (χ0n) is 10.9. The Morgan fingerprint density at radius 3 is 2.70 bits per heavy atom. The lowest BCUT2D eigenvalue weighted by molar-refractivity contribution is -0.380. The summed E-state index contributed by atoms with van der Waals surface area (Å²) in [6, 6.07) is -0.110. The molecule has 3 rings (SSSR count). The number of urea groups is 1. The van der Waals surface area contributed by atoms with Crippen LogP contribution < -0.4 is 4.90 Å². The molecule has 2 fully saturated rings. The molecule has 108 valence electrons. The second-order valence-electron chi connectivity index (χ2n) is 4.90. The Labute approximate surface area is 119 Å². The summed E-state index contributed by atoms with van der Waals surface area (Å²) in [7, 11) is 0. The highest BCUT2D eigenvalue weighted by Gasteiger charge is 2.33. The number of hydrogen-bond donors (Lipinski definition) is 0. The van der Waals surface area contributed by atoms with Gasteiger partial charge in [-0.15, -0.1) is 0 Å². The van der Waals surface area contributed by atoms with E-state index in [-0.39, 0.29) is 11.0 Å². The fourth-order valence-corrected chi connectivity index (χ4v) is 3.27. The van der Waals surface area contributed by atoms with Gasteiger partial charge in [-0.1, -0.05) is 0 Å². The second-order valence-corrected chi connectivity index (χ2v) is 5.89. The Balaban J connectivity index is 1.66. The SMILES string of the molecule is O=C1N(CN2CCCC2)CCN1c1ncc([N+](=O)[O-])s1. The van der Waals surface area contributed by atoms with Crippen molar-refractivity contribution >= 4 is 27.5 Å². The Morgan fingerprint density at radius 1 is 1.30 bits per heavy atom. The quantitative estimate of drug-likeness (QED) is 0.619. The van der Waals surface area contributed by atoms with Crippen LogP contribution in [0.15, 0.2) is 6.20 Å². The number of carbonyl (C=O) groups is 1. The van der Waals surface area contributed by atoms with Gasteiger partial charge in [0.1, 0.15) is 6.20 Å². The second kappa shape index (κ2) is 5.33. The molecule has 0 N–H and O–H groups in total. The number of likely N-dealkylation sites (tertiary alicyclic amines) is 1. The van der Waals surface area contributed by atoms with Gasteiger partial charge in [-0.3, -0.25) is 19.9 Å². The van der Waals surface area contributed by atoms with Crippen molar-refractivity contribution in [3.05, 3.63) is 16.3 Å². The van der Waals surface area contributed by atoms with E-state index in [9.17, 15) is 14.9 Å². The van der Waals surface area contributed by atoms with E-state index in [0.29, 0.717) is 24.9 Å². The van der Waals surface area contributed by atoms with E-state index in [0.717, 1.165) is 24.4 Å². The van der Waals surface area contributed by atoms with Crippen LogP contribution in [0.4, 0.5) is 14.9 Å². The monoisotopic (exact) mass is 297 g/mol. The topological polar surface area (TPSA) is 82.8 Å². The number of thiazole rings is 1. The Bertz CT molecular complexity index is 528. The highest BCUT2D eigenvalue weighted by Crippen LogP contribution is 2.30. The third-order valence-electron chi connectivity index (χ3n) is 3.56. The first-order valence-corrected chi connectivity index (χ1v) is 7.36. The maximum Gasteiger partial charge on any atom is 0.345 e. The number of nitrogens with zero attached hydrogens (tertiary/aromatic N) is 5. The van der Waals surface area contributed by atoms with Crippen LogP contribution in [0.3, 0.4) is 0 Å². The van der Waals surface area contributed by atoms with Crippen molar-refractivity contribution in [1.82, 2.24) is 14.8 Å². The first kappa shape index (κ1) is 13.3. The van der Waals surface area contributed by atoms with E-state index in [1.54, 1.807) is 4.90 Å². The summed E-state index contributed by atoms with van der Waals surface area (Å²) in [4.78, 5) is 32.0. The van der Waals surface area contributed by atoms with Gasteiger partial charge in [0.05, 0.1) is 11.6 Å². The van der Waals surface area contributed by atoms with Crippen LogP contribution in [-0.2, 0) is 0 Å². The van der Waals surface area contributed by atoms with Crippen LogP contribution in [-0.4, -0.2) is 58.6 Å². The molecule has 0 aromatic carbocycles. The van der Waals surface area contributed by atoms with Gasteiger partial charge < -0.3 is 4.90 Å². The van der Waals surface area contributed by atoms with E-state index < -0.39 is 4.92 Å². The fourth-order valence-electron chi connectivity index (χ4n) is 2.52. The van der Waals surface area contributed by atoms with Crippen molar-refractivity contribution in [1.29, 1.82) is 0 Å². The Kier molecular flexibility index (Phi) is 3.53. The van der Waals surface area contributed by atoms with Crippen LogP contribution in [0, 0.1) is 10.1 Å². The largest absolute Gasteiger partial charge is 0.345 e. The first-order chi connectivity index (χ1) is 9.65. The normalized spacial score (nSPS) is 20.1. The molecule has 2 aliphatic heterocycles. The summed E-state index contributed by atoms with van der Waals surface area (Å²) in [5, 5.41) is 11.0. The molecule has 8 nitrogen and oxygen atoms in total. The van der Waals surface area contributed by atoms with Crippen molar-refractivity contribution in [2.75, 3.05) is 37.7 Å². The minimum Gasteiger partial charge on any atom is -0.310 e. The molecule has 0 aliphatic carbocycles. The van der Waals surface area contributed by atoms with Crippen LogP contribution >= 0.6 is 11.3 Å². The maximum absolute atomic E-state index is 12.3. The van der Waals surface area contributed by atoms with Crippen molar-refractivity contribution in [2.24, 2.45) is 0 Å². The van der Waals surface area contributed by atoms with Crippen molar-refractivity contribution in [3.8, 4) is 0 Å². The average molecular weight is 297 g/mol. The Morgan fingerprint density at radius 2 is 2.05 bits per heavy atom. The summed E-state index contributed by atoms with van der Waals surface area (Å²) in [5.74, 6) is 0. The molecule has 9 heteroatoms. The van der Waals surface area contributed by atoms with E-state index in [4.69, 9.17) is 0 Å². The van der Waals surface area contributed by atoms with Gasteiger partial charge in [0.15, 0.2) is 5.13 Å². The first-order valence-electron chi connectivity index (χ1n) is 6.54. The van der Waals surface area contributed by atoms with Crippen LogP contribution in [0.1, 0.15) is 12.8 Å². The van der Waals surface area contributed by atoms with Gasteiger partial charge in [-0.05, 0) is 37.3 Å². The number of hydrogen-bond acceptors (Lipinski definition) is 6. The fraction of sp³-hybridized carbons (Fsp3) is 0.636. The van der Waals surface area contributed by atoms with E-state index in [2.05, 4.69) is 9.88 Å². The maximum atomic E-state index is 12.3. The molecule has 0 bridgehead atoms. The molecule has 1 aromatic heterocycles. The molecular formula is C11H15N5O3S. The molecule has 3 heterocycles. The molecule has 0 radical (unpaired) electrons. The van der Waals surface area contributed by atoms with Crippen molar-refractivity contribution < 1.29 is 9.72 Å². The predicted octanol–water partition coefficient (Wildman–Crippen LogP) is 1.35. The van der Waals surface area contributed by atoms with Gasteiger partial charge in [0.2, 0.25) is 0 Å². The van der Waals surface area contributed by atoms with Gasteiger partial charge in [0.25, 0.3) is 0 Å². The highest BCUT2D eigenvalue weighted by molar-refractivity contribution is 7.18. The molecule has 20 heavy (non-hydrogen) atoms. The van der Waals surface area contributed by atoms with Crippen LogP contribution in [0.2, 0.25) is 0 Å². The van der Waals surface area contributed by atoms with E-state index in [1.807, 2.05) is 0 Å². The van der Waals surface area contributed by atoms with Gasteiger partial charge in [-0.25, -0.2) is 9.78 Å². The van der Waals surface area contributed by atoms with Gasteiger partial charge >= 0.3 is 11.0 Å². The van der Waals surface area contributed by atoms with Crippen LogP contribution in [0.25, 0.3) is 0 Å². The number of nitro groups is 1. The molecule has 0 unspecified atom stereocenters. The number of carbonyl (C=O) groups excluding carboxylic acids is 1. The van der Waals surface area contributed by atoms with Gasteiger partial charge in [-0.2, -0.15) is 0 Å². The molecule has 0 spiro atoms. The number of aromatic nitrogens is 1. The number of anilines is 1. The highest BCUT2D eigenvalue weighted by atomic mass is 32.1. The van der Waals surface area contributed by atoms with Crippen LogP contribution in [0.5, 0.6) is 0 Å². The van der Waals surface area contributed by atoms with E-state index >= 15 is 0 Å². The lowest BCUT2D eigenvalue weighted by Crippen LogP contribution is -2.39. The third kappa shape index (κ3) is 2.46. The molecule has 0 atom stereocenters. The number of rotatable bonds is 4. The smallest absolute Gasteiger partial charge is 0.310 e. The lowest BCUT2D eigenvalue weighted by Gasteiger charge is -2.23. The minimum absolute atomic E-state index is 0.0363. The summed E-state index contributed by atoms with van der Waals surface area (Å²) in [6.07, 6.45) is 3.57. The molecule has 2 amide bonds. The standard InChI is InChI=1S/C11H15N5O3S/c17-11-14(8-13-3-1-2-4-13)5-6-15(11)10-12-7-9(20-10)16(18)19/h7H,1-6,8H2. The summed E-state index contributed by atoms with van der Waals surface area (Å²) in [6.45, 7) is 3.89. The summed E-state index contributed by atoms with van der Waals surface area (Å²) in [5.41, 5.74) is 0. The molecule has 1 aromatic rings. The lowest BCUT2D eigenvalue weighted by atomic mass is 10.4. The summed E-state index contributed by atoms with van der Waals surface area (Å²) < 4.78 is 0. The molecule has 0 saturated carbocycles. The molecule has 2 aliphatic rings. The van der Waals surface area contributed by atoms with Crippen molar-refractivity contribution in [2.45, 2.75) is 12.8 Å². The average Bonchev–Trinajstić information content (AvgIpc) is 3.12. The zero-order chi connectivity index (χ0) is 14.1. The third-order valence-corrected chi connectivity index (χ3v) is 4.53. The summed E-state index contributed by atoms with van der Waals surface area (Å²) >= 11 is 0.941. The minimum atomic E-state index is -0.482. The predicted molar refractivity (Wildman–Crippen MR) is 73.9 cm³/mol. The number of amides is 2. The van der Waals surface area contributed by atoms with Gasteiger partial charge in [0, 0.05) is 13.1 Å².